The van der Waals surface area contributed by atoms with Gasteiger partial charge in [0.25, 0.3) is 0 Å². The van der Waals surface area contributed by atoms with Crippen molar-refractivity contribution in [1.29, 1.82) is 0 Å². The van der Waals surface area contributed by atoms with Crippen LogP contribution in [0.1, 0.15) is 0 Å². The van der Waals surface area contributed by atoms with Crippen molar-refractivity contribution >= 4 is 31.5 Å². The van der Waals surface area contributed by atoms with E-state index < -0.39 is 285 Å². The van der Waals surface area contributed by atoms with Gasteiger partial charge in [0, 0.05) is 0 Å². The summed E-state index contributed by atoms with van der Waals surface area (Å²) in [6.45, 7) is 0. The number of rotatable bonds is 12. The van der Waals surface area contributed by atoms with E-state index in [0.717, 1.165) is 0 Å². The molecule has 0 amide bonds. The maximum absolute atomic E-state index is 17.7. The van der Waals surface area contributed by atoms with E-state index in [-0.39, 0.29) is 28.4 Å². The fourth-order valence-corrected chi connectivity index (χ4v) is 22.0. The summed E-state index contributed by atoms with van der Waals surface area (Å²) in [5, 5.41) is 0. The number of hydrogen-bond acceptors (Lipinski definition) is 4. The van der Waals surface area contributed by atoms with E-state index in [4.69, 9.17) is 0 Å². The molecule has 4 nitrogen and oxygen atoms in total. The Hall–Kier alpha value is -8.64. The molecular weight excluding hydrogens is 1370 g/mol. The molecule has 89 heavy (non-hydrogen) atoms. The summed E-state index contributed by atoms with van der Waals surface area (Å²) in [5.74, 6) is -127. The quantitative estimate of drug-likeness (QED) is 0.0694. The first-order chi connectivity index (χ1) is 41.4. The first-order valence-electron chi connectivity index (χ1n) is 22.7. The van der Waals surface area contributed by atoms with Gasteiger partial charge in [0.05, 0.1) is 0 Å². The maximum atomic E-state index is 17.7. The predicted octanol–water partition coefficient (Wildman–Crippen LogP) is 14.2. The summed E-state index contributed by atoms with van der Waals surface area (Å²) in [4.78, 5) is 0. The third-order valence-corrected chi connectivity index (χ3v) is 25.2. The van der Waals surface area contributed by atoms with Gasteiger partial charge in [0.2, 0.25) is 0 Å². The van der Waals surface area contributed by atoms with Crippen molar-refractivity contribution in [3.8, 4) is 67.5 Å². The van der Waals surface area contributed by atoms with Gasteiger partial charge in [-0.05, 0) is 0 Å². The van der Waals surface area contributed by atoms with Crippen molar-refractivity contribution in [2.45, 2.75) is 0 Å². The van der Waals surface area contributed by atoms with Crippen molar-refractivity contribution < 1.29 is 159 Å². The molecule has 0 spiro atoms. The average Bonchev–Trinajstić information content (AvgIpc) is 0.679. The molecule has 8 aromatic rings. The monoisotopic (exact) mass is 1380 g/mol. The molecule has 0 aliphatic carbocycles. The molecule has 0 aliphatic heterocycles. The van der Waals surface area contributed by atoms with Crippen molar-refractivity contribution in [2.24, 2.45) is 0 Å². The molecule has 0 aromatic heterocycles. The molecule has 0 fully saturated rings. The van der Waals surface area contributed by atoms with Crippen LogP contribution in [0.5, 0.6) is 23.0 Å². The Morgan fingerprint density at radius 1 is 0.146 bits per heavy atom. The zero-order valence-corrected chi connectivity index (χ0v) is 44.7. The van der Waals surface area contributed by atoms with Crippen molar-refractivity contribution in [3.63, 3.8) is 0 Å². The molecule has 0 radical (unpaired) electrons. The van der Waals surface area contributed by atoms with E-state index in [1.807, 2.05) is 0 Å². The Labute approximate surface area is 472 Å². The predicted molar refractivity (Wildman–Crippen MR) is 237 cm³/mol. The summed E-state index contributed by atoms with van der Waals surface area (Å²) in [5.41, 5.74) is -26.4. The second-order valence-corrected chi connectivity index (χ2v) is 26.2. The third kappa shape index (κ3) is 8.87. The molecule has 472 valence electrons. The third-order valence-electron chi connectivity index (χ3n) is 13.6. The van der Waals surface area contributed by atoms with Crippen LogP contribution in [0.4, 0.5) is 140 Å². The zero-order valence-electron chi connectivity index (χ0n) is 42.3. The second-order valence-electron chi connectivity index (χ2n) is 17.7. The molecule has 0 saturated carbocycles. The molecule has 0 aliphatic rings. The SMILES string of the molecule is COc1c(F)c(F)c(-c2c(F)c(F)[c]([Ga-]([c]3c(F)c(F)c(-c4c(F)c(F)c(OC)c(F)c4F)c(F)c3F)([c]3c(F)c(F)c(-c4c(F)c(F)c(OC)c(F)c4F)c(F)c3F)[c]3c(F)c(F)c(-c4c(F)c(F)c(OC)c(F)c4F)c(F)c3F)c(F)c2F)c(F)c1F. The van der Waals surface area contributed by atoms with E-state index in [2.05, 4.69) is 18.9 Å². The van der Waals surface area contributed by atoms with Gasteiger partial charge in [-0.25, -0.2) is 0 Å². The fourth-order valence-electron chi connectivity index (χ4n) is 9.90. The summed E-state index contributed by atoms with van der Waals surface area (Å²) in [6, 6.07) is 0. The van der Waals surface area contributed by atoms with E-state index >= 15 is 140 Å². The fraction of sp³-hybridized carbons (Fsp3) is 0.0769. The van der Waals surface area contributed by atoms with Gasteiger partial charge >= 0.3 is 473 Å². The van der Waals surface area contributed by atoms with E-state index in [9.17, 15) is 0 Å². The van der Waals surface area contributed by atoms with Crippen LogP contribution in [0.3, 0.4) is 0 Å². The van der Waals surface area contributed by atoms with Crippen LogP contribution < -0.4 is 35.4 Å². The normalized spacial score (nSPS) is 11.8. The molecular formula is C52H12F32GaO4-. The molecule has 37 heteroatoms. The number of ether oxygens (including phenoxy) is 4. The molecule has 0 saturated heterocycles. The van der Waals surface area contributed by atoms with Gasteiger partial charge in [0.15, 0.2) is 0 Å². The van der Waals surface area contributed by atoms with Crippen molar-refractivity contribution in [3.05, 3.63) is 186 Å². The summed E-state index contributed by atoms with van der Waals surface area (Å²) in [6.07, 6.45) is 0. The van der Waals surface area contributed by atoms with Crippen LogP contribution in [0.25, 0.3) is 44.5 Å². The zero-order chi connectivity index (χ0) is 67.0. The van der Waals surface area contributed by atoms with Gasteiger partial charge < -0.3 is 0 Å². The molecule has 0 N–H and O–H groups in total. The Morgan fingerprint density at radius 3 is 0.326 bits per heavy atom. The number of halogens is 32. The molecule has 0 atom stereocenters. The van der Waals surface area contributed by atoms with E-state index in [0.29, 0.717) is 0 Å². The van der Waals surface area contributed by atoms with Gasteiger partial charge in [-0.2, -0.15) is 0 Å². The molecule has 0 heterocycles. The minimum absolute atomic E-state index is 0.187. The number of hydrogen-bond donors (Lipinski definition) is 0. The van der Waals surface area contributed by atoms with Gasteiger partial charge in [-0.1, -0.05) is 0 Å². The first kappa shape index (κ1) is 66.3. The number of benzene rings is 8. The Balaban J connectivity index is 1.79. The van der Waals surface area contributed by atoms with Crippen molar-refractivity contribution in [1.82, 2.24) is 0 Å². The summed E-state index contributed by atoms with van der Waals surface area (Å²) >= 11 is -11.3. The van der Waals surface area contributed by atoms with E-state index in [1.165, 1.54) is 0 Å². The average molecular weight is 1380 g/mol. The Bertz CT molecular complexity index is 3680. The minimum atomic E-state index is -11.3. The van der Waals surface area contributed by atoms with Gasteiger partial charge in [-0.15, -0.1) is 0 Å². The molecule has 8 aromatic carbocycles. The Morgan fingerprint density at radius 2 is 0.236 bits per heavy atom. The first-order valence-corrected chi connectivity index (χ1v) is 27.5. The van der Waals surface area contributed by atoms with Crippen LogP contribution in [0.15, 0.2) is 0 Å². The summed E-state index contributed by atoms with van der Waals surface area (Å²) in [7, 11) is 0.749. The number of methoxy groups -OCH3 is 4. The van der Waals surface area contributed by atoms with Crippen LogP contribution in [0.2, 0.25) is 0 Å². The van der Waals surface area contributed by atoms with Crippen LogP contribution in [0, 0.1) is 186 Å². The van der Waals surface area contributed by atoms with Crippen LogP contribution >= 0.6 is 0 Å². The van der Waals surface area contributed by atoms with Crippen LogP contribution in [-0.2, 0) is 0 Å². The van der Waals surface area contributed by atoms with Crippen molar-refractivity contribution in [2.75, 3.05) is 28.4 Å². The standard InChI is InChI=1S/4C13H3F8O.Ga/c4*1-22-13-11(20)9(18)6(10(19)12(13)21)5-7(16)3(14)2-4(15)8(5)17;/h4*1H3;/q;;;;-1. The molecule has 0 unspecified atom stereocenters. The Kier molecular flexibility index (Phi) is 17.2. The van der Waals surface area contributed by atoms with Crippen LogP contribution in [-0.4, -0.2) is 43.5 Å². The second kappa shape index (κ2) is 23.1. The molecule has 0 bridgehead atoms. The molecule has 8 rings (SSSR count). The van der Waals surface area contributed by atoms with Gasteiger partial charge in [0.1, 0.15) is 0 Å². The van der Waals surface area contributed by atoms with E-state index in [1.54, 1.807) is 0 Å². The topological polar surface area (TPSA) is 36.9 Å². The van der Waals surface area contributed by atoms with Gasteiger partial charge in [-0.3, -0.25) is 0 Å². The summed E-state index contributed by atoms with van der Waals surface area (Å²) < 4.78 is 522.